The lowest BCUT2D eigenvalue weighted by atomic mass is 10.4. The monoisotopic (exact) mass is 165 g/mol. The third-order valence-corrected chi connectivity index (χ3v) is 1.16. The van der Waals surface area contributed by atoms with E-state index in [0.717, 1.165) is 0 Å². The van der Waals surface area contributed by atoms with Crippen molar-refractivity contribution in [2.45, 2.75) is 0 Å². The van der Waals surface area contributed by atoms with Crippen molar-refractivity contribution in [3.05, 3.63) is 11.9 Å². The molecule has 0 unspecified atom stereocenters. The molecule has 0 atom stereocenters. The third kappa shape index (κ3) is 1.79. The number of nitriles is 1. The van der Waals surface area contributed by atoms with E-state index >= 15 is 0 Å². The minimum atomic E-state index is -0.385. The molecule has 1 N–H and O–H groups in total. The van der Waals surface area contributed by atoms with Crippen LogP contribution in [0.5, 0.6) is 0 Å². The summed E-state index contributed by atoms with van der Waals surface area (Å²) in [5.74, 6) is -0.385. The van der Waals surface area contributed by atoms with Crippen molar-refractivity contribution in [3.8, 4) is 6.07 Å². The Hall–Kier alpha value is -1.90. The smallest absolute Gasteiger partial charge is 0.274 e. The van der Waals surface area contributed by atoms with Gasteiger partial charge in [0.25, 0.3) is 5.91 Å². The maximum atomic E-state index is 11.0. The lowest BCUT2D eigenvalue weighted by Crippen LogP contribution is -2.23. The van der Waals surface area contributed by atoms with Gasteiger partial charge in [0, 0.05) is 7.05 Å². The standard InChI is InChI=1S/C6H7N5O/c1-11-4-5(9-10-11)6(12)8-3-2-7/h4H,3H2,1H3,(H,8,12). The van der Waals surface area contributed by atoms with Gasteiger partial charge in [-0.1, -0.05) is 5.21 Å². The molecule has 0 aromatic carbocycles. The second-order valence-electron chi connectivity index (χ2n) is 2.12. The summed E-state index contributed by atoms with van der Waals surface area (Å²) in [4.78, 5) is 11.0. The molecule has 0 aliphatic carbocycles. The summed E-state index contributed by atoms with van der Waals surface area (Å²) < 4.78 is 1.42. The van der Waals surface area contributed by atoms with Gasteiger partial charge < -0.3 is 5.32 Å². The van der Waals surface area contributed by atoms with Crippen molar-refractivity contribution in [3.63, 3.8) is 0 Å². The van der Waals surface area contributed by atoms with Crippen molar-refractivity contribution in [1.29, 1.82) is 5.26 Å². The van der Waals surface area contributed by atoms with E-state index in [9.17, 15) is 4.79 Å². The Labute approximate surface area is 68.8 Å². The number of hydrogen-bond acceptors (Lipinski definition) is 4. The number of nitrogens with one attached hydrogen (secondary N) is 1. The molecule has 0 saturated heterocycles. The maximum absolute atomic E-state index is 11.0. The number of amides is 1. The van der Waals surface area contributed by atoms with Crippen LogP contribution < -0.4 is 5.32 Å². The van der Waals surface area contributed by atoms with Crippen LogP contribution in [0.15, 0.2) is 6.20 Å². The number of aryl methyl sites for hydroxylation is 1. The zero-order chi connectivity index (χ0) is 8.97. The van der Waals surface area contributed by atoms with Gasteiger partial charge in [0.05, 0.1) is 12.3 Å². The van der Waals surface area contributed by atoms with Gasteiger partial charge in [0.2, 0.25) is 0 Å². The van der Waals surface area contributed by atoms with Gasteiger partial charge in [-0.15, -0.1) is 5.10 Å². The molecule has 0 fully saturated rings. The lowest BCUT2D eigenvalue weighted by molar-refractivity contribution is 0.0953. The molecular formula is C6H7N5O. The van der Waals surface area contributed by atoms with Crippen LogP contribution in [0.3, 0.4) is 0 Å². The fraction of sp³-hybridized carbons (Fsp3) is 0.333. The Kier molecular flexibility index (Phi) is 2.38. The van der Waals surface area contributed by atoms with Crippen LogP contribution in [-0.2, 0) is 7.05 Å². The topological polar surface area (TPSA) is 83.6 Å². The second kappa shape index (κ2) is 3.48. The van der Waals surface area contributed by atoms with Gasteiger partial charge in [-0.3, -0.25) is 9.48 Å². The number of nitrogens with zero attached hydrogens (tertiary/aromatic N) is 4. The summed E-state index contributed by atoms with van der Waals surface area (Å²) in [6, 6.07) is 1.79. The zero-order valence-corrected chi connectivity index (χ0v) is 6.48. The first-order valence-corrected chi connectivity index (χ1v) is 3.25. The molecule has 0 saturated carbocycles. The molecule has 0 radical (unpaired) electrons. The molecule has 1 aromatic rings. The molecule has 6 nitrogen and oxygen atoms in total. The van der Waals surface area contributed by atoms with E-state index in [-0.39, 0.29) is 18.1 Å². The van der Waals surface area contributed by atoms with Gasteiger partial charge in [0.15, 0.2) is 5.69 Å². The fourth-order valence-corrected chi connectivity index (χ4v) is 0.662. The summed E-state index contributed by atoms with van der Waals surface area (Å²) >= 11 is 0. The molecular weight excluding hydrogens is 158 g/mol. The van der Waals surface area contributed by atoms with Gasteiger partial charge in [0.1, 0.15) is 6.54 Å². The van der Waals surface area contributed by atoms with Crippen molar-refractivity contribution in [2.24, 2.45) is 7.05 Å². The van der Waals surface area contributed by atoms with Crippen LogP contribution >= 0.6 is 0 Å². The summed E-state index contributed by atoms with van der Waals surface area (Å²) in [5, 5.41) is 17.6. The van der Waals surface area contributed by atoms with E-state index in [1.807, 2.05) is 0 Å². The minimum Gasteiger partial charge on any atom is -0.337 e. The van der Waals surface area contributed by atoms with Crippen LogP contribution in [0.1, 0.15) is 10.5 Å². The molecule has 0 spiro atoms. The van der Waals surface area contributed by atoms with Crippen molar-refractivity contribution in [2.75, 3.05) is 6.54 Å². The number of rotatable bonds is 2. The molecule has 6 heteroatoms. The van der Waals surface area contributed by atoms with E-state index in [1.54, 1.807) is 13.1 Å². The molecule has 1 amide bonds. The Morgan fingerprint density at radius 2 is 2.67 bits per heavy atom. The molecule has 12 heavy (non-hydrogen) atoms. The lowest BCUT2D eigenvalue weighted by Gasteiger charge is -1.92. The largest absolute Gasteiger partial charge is 0.337 e. The molecule has 0 bridgehead atoms. The van der Waals surface area contributed by atoms with Gasteiger partial charge in [-0.2, -0.15) is 5.26 Å². The van der Waals surface area contributed by atoms with Crippen molar-refractivity contribution >= 4 is 5.91 Å². The molecule has 0 aliphatic heterocycles. The third-order valence-electron chi connectivity index (χ3n) is 1.16. The van der Waals surface area contributed by atoms with Crippen LogP contribution in [-0.4, -0.2) is 27.4 Å². The quantitative estimate of drug-likeness (QED) is 0.574. The molecule has 1 aromatic heterocycles. The highest BCUT2D eigenvalue weighted by molar-refractivity contribution is 5.91. The van der Waals surface area contributed by atoms with Crippen molar-refractivity contribution < 1.29 is 4.79 Å². The Morgan fingerprint density at radius 1 is 1.92 bits per heavy atom. The maximum Gasteiger partial charge on any atom is 0.274 e. The van der Waals surface area contributed by atoms with E-state index in [2.05, 4.69) is 15.6 Å². The normalized spacial score (nSPS) is 9.00. The first kappa shape index (κ1) is 8.20. The van der Waals surface area contributed by atoms with Crippen molar-refractivity contribution in [1.82, 2.24) is 20.3 Å². The van der Waals surface area contributed by atoms with Crippen LogP contribution in [0, 0.1) is 11.3 Å². The van der Waals surface area contributed by atoms with Gasteiger partial charge in [-0.05, 0) is 0 Å². The van der Waals surface area contributed by atoms with Gasteiger partial charge in [-0.25, -0.2) is 0 Å². The first-order chi connectivity index (χ1) is 5.74. The highest BCUT2D eigenvalue weighted by atomic mass is 16.1. The molecule has 1 rings (SSSR count). The first-order valence-electron chi connectivity index (χ1n) is 3.25. The number of carbonyl (C=O) groups excluding carboxylic acids is 1. The Bertz CT molecular complexity index is 323. The fourth-order valence-electron chi connectivity index (χ4n) is 0.662. The minimum absolute atomic E-state index is 0.0184. The summed E-state index contributed by atoms with van der Waals surface area (Å²) in [7, 11) is 1.66. The molecule has 1 heterocycles. The van der Waals surface area contributed by atoms with Crippen LogP contribution in [0.25, 0.3) is 0 Å². The number of hydrogen-bond donors (Lipinski definition) is 1. The van der Waals surface area contributed by atoms with Crippen LogP contribution in [0.2, 0.25) is 0 Å². The van der Waals surface area contributed by atoms with E-state index in [4.69, 9.17) is 5.26 Å². The van der Waals surface area contributed by atoms with E-state index < -0.39 is 0 Å². The predicted octanol–water partition coefficient (Wildman–Crippen LogP) is -0.932. The number of carbonyl (C=O) groups is 1. The Balaban J connectivity index is 2.61. The zero-order valence-electron chi connectivity index (χ0n) is 6.48. The van der Waals surface area contributed by atoms with E-state index in [1.165, 1.54) is 10.9 Å². The highest BCUT2D eigenvalue weighted by Crippen LogP contribution is 1.89. The summed E-state index contributed by atoms with van der Waals surface area (Å²) in [6.45, 7) is -0.0184. The average molecular weight is 165 g/mol. The second-order valence-corrected chi connectivity index (χ2v) is 2.12. The highest BCUT2D eigenvalue weighted by Gasteiger charge is 2.07. The SMILES string of the molecule is Cn1cc(C(=O)NCC#N)nn1. The summed E-state index contributed by atoms with van der Waals surface area (Å²) in [5.41, 5.74) is 0.216. The van der Waals surface area contributed by atoms with Crippen LogP contribution in [0.4, 0.5) is 0 Å². The molecule has 62 valence electrons. The predicted molar refractivity (Wildman–Crippen MR) is 38.9 cm³/mol. The number of aromatic nitrogens is 3. The van der Waals surface area contributed by atoms with E-state index in [0.29, 0.717) is 0 Å². The Morgan fingerprint density at radius 3 is 3.17 bits per heavy atom. The van der Waals surface area contributed by atoms with Gasteiger partial charge >= 0.3 is 0 Å². The molecule has 0 aliphatic rings. The average Bonchev–Trinajstić information content (AvgIpc) is 2.47. The summed E-state index contributed by atoms with van der Waals surface area (Å²) in [6.07, 6.45) is 1.48.